The van der Waals surface area contributed by atoms with E-state index in [1.54, 1.807) is 0 Å². The van der Waals surface area contributed by atoms with Gasteiger partial charge in [0.15, 0.2) is 0 Å². The molecule has 0 aliphatic heterocycles. The van der Waals surface area contributed by atoms with Gasteiger partial charge < -0.3 is 9.13 Å². The Morgan fingerprint density at radius 1 is 0.367 bits per heavy atom. The molecule has 0 bridgehead atoms. The third-order valence-electron chi connectivity index (χ3n) is 13.9. The van der Waals surface area contributed by atoms with E-state index in [0.29, 0.717) is 0 Å². The van der Waals surface area contributed by atoms with Gasteiger partial charge in [-0.15, -0.1) is 0 Å². The summed E-state index contributed by atoms with van der Waals surface area (Å²) in [6.45, 7) is 4.86. The first-order valence-electron chi connectivity index (χ1n) is 21.1. The maximum absolute atomic E-state index is 2.60. The van der Waals surface area contributed by atoms with Gasteiger partial charge in [-0.25, -0.2) is 0 Å². The molecule has 0 saturated heterocycles. The van der Waals surface area contributed by atoms with E-state index >= 15 is 0 Å². The lowest BCUT2D eigenvalue weighted by atomic mass is 9.67. The number of nitrogens with zero attached hydrogens (tertiary/aromatic N) is 2. The largest absolute Gasteiger partial charge is 0.309 e. The molecule has 0 atom stereocenters. The second kappa shape index (κ2) is 12.1. The average molecular weight is 765 g/mol. The minimum absolute atomic E-state index is 0.243. The van der Waals surface area contributed by atoms with Crippen LogP contribution in [-0.2, 0) is 10.8 Å². The van der Waals surface area contributed by atoms with Gasteiger partial charge in [0, 0.05) is 38.3 Å². The molecule has 2 heterocycles. The van der Waals surface area contributed by atoms with Crippen molar-refractivity contribution in [3.63, 3.8) is 0 Å². The van der Waals surface area contributed by atoms with Crippen molar-refractivity contribution >= 4 is 43.6 Å². The van der Waals surface area contributed by atoms with Crippen LogP contribution in [0.4, 0.5) is 0 Å². The van der Waals surface area contributed by atoms with Crippen molar-refractivity contribution < 1.29 is 0 Å². The third-order valence-corrected chi connectivity index (χ3v) is 13.9. The SMILES string of the molecule is CC1(C)c2ccccc2-c2c1c1c(c3ccccc3n1-c1ccccc1)c1c2c2ccccc2n1-c1ccc2c(c1)C(c1ccccc1)(c1ccccc1)c1ccccc1-2. The predicted molar refractivity (Wildman–Crippen MR) is 250 cm³/mol. The Labute approximate surface area is 349 Å². The maximum atomic E-state index is 2.60. The highest BCUT2D eigenvalue weighted by molar-refractivity contribution is 6.32. The van der Waals surface area contributed by atoms with Crippen LogP contribution in [0.5, 0.6) is 0 Å². The van der Waals surface area contributed by atoms with Gasteiger partial charge in [0.05, 0.1) is 27.5 Å². The first-order valence-corrected chi connectivity index (χ1v) is 21.1. The van der Waals surface area contributed by atoms with Gasteiger partial charge in [0.25, 0.3) is 0 Å². The fourth-order valence-corrected chi connectivity index (χ4v) is 11.6. The van der Waals surface area contributed by atoms with Crippen LogP contribution in [0.25, 0.3) is 77.2 Å². The van der Waals surface area contributed by atoms with Crippen molar-refractivity contribution in [2.24, 2.45) is 0 Å². The van der Waals surface area contributed by atoms with E-state index in [2.05, 4.69) is 229 Å². The summed E-state index contributed by atoms with van der Waals surface area (Å²) < 4.78 is 5.15. The van der Waals surface area contributed by atoms with Crippen LogP contribution in [0, 0.1) is 0 Å². The van der Waals surface area contributed by atoms with Crippen molar-refractivity contribution in [3.05, 3.63) is 240 Å². The molecule has 2 nitrogen and oxygen atoms in total. The molecular formula is C58H40N2. The molecule has 2 aromatic heterocycles. The first kappa shape index (κ1) is 33.5. The van der Waals surface area contributed by atoms with Crippen LogP contribution in [0.15, 0.2) is 206 Å². The molecule has 0 fully saturated rings. The lowest BCUT2D eigenvalue weighted by Crippen LogP contribution is -2.28. The molecule has 2 heteroatoms. The van der Waals surface area contributed by atoms with Crippen molar-refractivity contribution in [2.75, 3.05) is 0 Å². The monoisotopic (exact) mass is 764 g/mol. The van der Waals surface area contributed by atoms with Gasteiger partial charge in [0.2, 0.25) is 0 Å². The van der Waals surface area contributed by atoms with Crippen LogP contribution in [-0.4, -0.2) is 9.13 Å². The Balaban J connectivity index is 1.25. The zero-order valence-corrected chi connectivity index (χ0v) is 33.5. The minimum Gasteiger partial charge on any atom is -0.309 e. The van der Waals surface area contributed by atoms with Crippen LogP contribution >= 0.6 is 0 Å². The van der Waals surface area contributed by atoms with Crippen LogP contribution in [0.3, 0.4) is 0 Å². The molecule has 11 aromatic rings. The van der Waals surface area contributed by atoms with Gasteiger partial charge in [-0.3, -0.25) is 0 Å². The zero-order chi connectivity index (χ0) is 39.7. The summed E-state index contributed by atoms with van der Waals surface area (Å²) >= 11 is 0. The van der Waals surface area contributed by atoms with Gasteiger partial charge in [-0.05, 0) is 92.0 Å². The molecule has 282 valence electrons. The predicted octanol–water partition coefficient (Wildman–Crippen LogP) is 14.6. The molecule has 9 aromatic carbocycles. The number of benzene rings is 9. The molecule has 0 saturated carbocycles. The van der Waals surface area contributed by atoms with Gasteiger partial charge >= 0.3 is 0 Å². The second-order valence-electron chi connectivity index (χ2n) is 17.2. The molecule has 0 unspecified atom stereocenters. The van der Waals surface area contributed by atoms with Crippen molar-refractivity contribution in [1.82, 2.24) is 9.13 Å². The quantitative estimate of drug-likeness (QED) is 0.169. The lowest BCUT2D eigenvalue weighted by molar-refractivity contribution is 0.664. The minimum atomic E-state index is -0.508. The Morgan fingerprint density at radius 2 is 0.867 bits per heavy atom. The van der Waals surface area contributed by atoms with Gasteiger partial charge in [-0.2, -0.15) is 0 Å². The maximum Gasteiger partial charge on any atom is 0.0714 e. The zero-order valence-electron chi connectivity index (χ0n) is 33.5. The summed E-state index contributed by atoms with van der Waals surface area (Å²) in [5, 5.41) is 5.15. The van der Waals surface area contributed by atoms with E-state index in [1.165, 1.54) is 105 Å². The molecule has 60 heavy (non-hydrogen) atoms. The van der Waals surface area contributed by atoms with E-state index < -0.39 is 5.41 Å². The Hall–Kier alpha value is -7.42. The molecule has 0 spiro atoms. The van der Waals surface area contributed by atoms with E-state index in [1.807, 2.05) is 0 Å². The number of hydrogen-bond acceptors (Lipinski definition) is 0. The molecular weight excluding hydrogens is 725 g/mol. The standard InChI is InChI=1S/C58H40N2/c1-57(2)46-30-16-13-27-43(46)51-52-44-28-14-18-32-49(44)60(55(52)53-45-29-15-19-33-50(45)59(56(53)54(51)57)39-24-10-5-11-25-39)40-34-35-42-41-26-12-17-31-47(41)58(48(42)36-40,37-20-6-3-7-21-37)38-22-8-4-9-23-38/h3-36H,1-2H3. The summed E-state index contributed by atoms with van der Waals surface area (Å²) in [4.78, 5) is 0. The third kappa shape index (κ3) is 4.13. The molecule has 13 rings (SSSR count). The number of hydrogen-bond donors (Lipinski definition) is 0. The Bertz CT molecular complexity index is 3510. The van der Waals surface area contributed by atoms with Crippen LogP contribution in [0.2, 0.25) is 0 Å². The van der Waals surface area contributed by atoms with Crippen molar-refractivity contribution in [1.29, 1.82) is 0 Å². The normalized spacial score (nSPS) is 14.4. The van der Waals surface area contributed by atoms with Gasteiger partial charge in [-0.1, -0.05) is 184 Å². The second-order valence-corrected chi connectivity index (χ2v) is 17.2. The molecule has 0 amide bonds. The van der Waals surface area contributed by atoms with E-state index in [9.17, 15) is 0 Å². The summed E-state index contributed by atoms with van der Waals surface area (Å²) in [7, 11) is 0. The number of para-hydroxylation sites is 3. The number of fused-ring (bicyclic) bond motifs is 15. The molecule has 0 radical (unpaired) electrons. The first-order chi connectivity index (χ1) is 29.6. The summed E-state index contributed by atoms with van der Waals surface area (Å²) in [5.74, 6) is 0. The summed E-state index contributed by atoms with van der Waals surface area (Å²) in [5.41, 5.74) is 19.7. The highest BCUT2D eigenvalue weighted by Crippen LogP contribution is 2.60. The molecule has 2 aliphatic carbocycles. The Kier molecular flexibility index (Phi) is 6.74. The number of rotatable bonds is 4. The lowest BCUT2D eigenvalue weighted by Gasteiger charge is -2.34. The van der Waals surface area contributed by atoms with Crippen LogP contribution in [0.1, 0.15) is 47.2 Å². The summed E-state index contributed by atoms with van der Waals surface area (Å²) in [6.07, 6.45) is 0. The highest BCUT2D eigenvalue weighted by Gasteiger charge is 2.47. The topological polar surface area (TPSA) is 9.86 Å². The van der Waals surface area contributed by atoms with Crippen molar-refractivity contribution in [3.8, 4) is 33.6 Å². The molecule has 2 aliphatic rings. The average Bonchev–Trinajstić information content (AvgIpc) is 3.99. The number of aromatic nitrogens is 2. The van der Waals surface area contributed by atoms with Crippen molar-refractivity contribution in [2.45, 2.75) is 24.7 Å². The van der Waals surface area contributed by atoms with Crippen LogP contribution < -0.4 is 0 Å². The molecule has 0 N–H and O–H groups in total. The van der Waals surface area contributed by atoms with E-state index in [4.69, 9.17) is 0 Å². The fraction of sp³-hybridized carbons (Fsp3) is 0.0690. The summed E-state index contributed by atoms with van der Waals surface area (Å²) in [6, 6.07) is 76.9. The smallest absolute Gasteiger partial charge is 0.0714 e. The highest BCUT2D eigenvalue weighted by atomic mass is 15.0. The Morgan fingerprint density at radius 3 is 1.53 bits per heavy atom. The fourth-order valence-electron chi connectivity index (χ4n) is 11.6. The van der Waals surface area contributed by atoms with Gasteiger partial charge in [0.1, 0.15) is 0 Å². The van der Waals surface area contributed by atoms with E-state index in [0.717, 1.165) is 5.69 Å². The van der Waals surface area contributed by atoms with E-state index in [-0.39, 0.29) is 5.41 Å².